The molecule has 0 radical (unpaired) electrons. The Labute approximate surface area is 172 Å². The van der Waals surface area contributed by atoms with Crippen molar-refractivity contribution in [3.05, 3.63) is 90.3 Å². The second kappa shape index (κ2) is 13.7. The first kappa shape index (κ1) is 24.5. The maximum atomic E-state index is 10.0. The Morgan fingerprint density at radius 1 is 0.536 bits per heavy atom. The molecule has 0 saturated carbocycles. The van der Waals surface area contributed by atoms with Gasteiger partial charge in [-0.2, -0.15) is 0 Å². The van der Waals surface area contributed by atoms with Crippen LogP contribution in [0.5, 0.6) is 0 Å². The number of hydrogen-bond donors (Lipinski definition) is 0. The summed E-state index contributed by atoms with van der Waals surface area (Å²) in [5.41, 5.74) is -0.0903. The van der Waals surface area contributed by atoms with Crippen molar-refractivity contribution in [2.45, 2.75) is 0 Å². The van der Waals surface area contributed by atoms with E-state index in [2.05, 4.69) is 15.0 Å². The van der Waals surface area contributed by atoms with Crippen LogP contribution in [0, 0.1) is 0 Å². The van der Waals surface area contributed by atoms with Crippen LogP contribution in [0.15, 0.2) is 73.2 Å². The van der Waals surface area contributed by atoms with Gasteiger partial charge in [0.05, 0.1) is 35.0 Å². The van der Waals surface area contributed by atoms with E-state index < -0.39 is 17.9 Å². The molecule has 0 saturated heterocycles. The number of carbonyl (C=O) groups is 3. The normalized spacial score (nSPS) is 8.57. The van der Waals surface area contributed by atoms with Gasteiger partial charge in [0, 0.05) is 18.6 Å². The van der Waals surface area contributed by atoms with E-state index in [9.17, 15) is 29.7 Å². The first-order valence-electron chi connectivity index (χ1n) is 7.29. The predicted molar refractivity (Wildman–Crippen MR) is 91.5 cm³/mol. The second-order valence-electron chi connectivity index (χ2n) is 4.51. The quantitative estimate of drug-likeness (QED) is 0.422. The standard InChI is InChI=1S/3C6H5NO2.Ga/c3*8-6(9)5-3-1-2-4-7-5;/h3*1-4H,(H,8,9);/q;;;+3/p-3. The number of nitrogens with zero attached hydrogens (tertiary/aromatic N) is 3. The average Bonchev–Trinajstić information content (AvgIpc) is 2.71. The van der Waals surface area contributed by atoms with Crippen LogP contribution in [-0.2, 0) is 0 Å². The summed E-state index contributed by atoms with van der Waals surface area (Å²) in [5, 5.41) is 30.1. The molecule has 9 nitrogen and oxygen atoms in total. The predicted octanol–water partition coefficient (Wildman–Crippen LogP) is -2.05. The molecule has 3 aromatic heterocycles. The molecule has 0 atom stereocenters. The van der Waals surface area contributed by atoms with Crippen LogP contribution < -0.4 is 15.3 Å². The summed E-state index contributed by atoms with van der Waals surface area (Å²) in [7, 11) is 0. The van der Waals surface area contributed by atoms with Crippen LogP contribution in [0.2, 0.25) is 0 Å². The van der Waals surface area contributed by atoms with Gasteiger partial charge in [0.15, 0.2) is 0 Å². The molecule has 3 rings (SSSR count). The van der Waals surface area contributed by atoms with Crippen molar-refractivity contribution in [2.75, 3.05) is 0 Å². The van der Waals surface area contributed by atoms with Crippen molar-refractivity contribution >= 4 is 37.7 Å². The zero-order chi connectivity index (χ0) is 20.1. The van der Waals surface area contributed by atoms with Crippen LogP contribution in [0.3, 0.4) is 0 Å². The molecule has 0 N–H and O–H groups in total. The Morgan fingerprint density at radius 2 is 0.786 bits per heavy atom. The van der Waals surface area contributed by atoms with E-state index in [1.807, 2.05) is 0 Å². The number of carbonyl (C=O) groups excluding carboxylic acids is 3. The van der Waals surface area contributed by atoms with Gasteiger partial charge in [-0.25, -0.2) is 0 Å². The Hall–Kier alpha value is -3.50. The van der Waals surface area contributed by atoms with E-state index in [1.54, 1.807) is 36.4 Å². The molecule has 3 heterocycles. The minimum Gasteiger partial charge on any atom is -0.543 e. The van der Waals surface area contributed by atoms with Crippen LogP contribution in [-0.4, -0.2) is 52.7 Å². The molecule has 0 aliphatic rings. The number of hydrogen-bond acceptors (Lipinski definition) is 9. The van der Waals surface area contributed by atoms with Gasteiger partial charge in [0.2, 0.25) is 0 Å². The Balaban J connectivity index is 0.000000384. The zero-order valence-electron chi connectivity index (χ0n) is 14.3. The smallest absolute Gasteiger partial charge is 0.543 e. The molecular weight excluding hydrogens is 424 g/mol. The second-order valence-corrected chi connectivity index (χ2v) is 4.51. The summed E-state index contributed by atoms with van der Waals surface area (Å²) in [6, 6.07) is 13.9. The van der Waals surface area contributed by atoms with Crippen LogP contribution >= 0.6 is 0 Å². The maximum Gasteiger partial charge on any atom is 3.00 e. The third kappa shape index (κ3) is 9.84. The number of carboxylic acid groups (broad SMARTS) is 3. The summed E-state index contributed by atoms with van der Waals surface area (Å²) in [4.78, 5) is 40.6. The fourth-order valence-corrected chi connectivity index (χ4v) is 1.45. The van der Waals surface area contributed by atoms with E-state index in [0.29, 0.717) is 0 Å². The first-order chi connectivity index (χ1) is 12.9. The summed E-state index contributed by atoms with van der Waals surface area (Å²) >= 11 is 0. The molecule has 0 aliphatic heterocycles. The fourth-order valence-electron chi connectivity index (χ4n) is 1.45. The summed E-state index contributed by atoms with van der Waals surface area (Å²) < 4.78 is 0. The number of aromatic nitrogens is 3. The summed E-state index contributed by atoms with van der Waals surface area (Å²) in [6.07, 6.45) is 4.22. The van der Waals surface area contributed by atoms with E-state index in [-0.39, 0.29) is 36.9 Å². The molecule has 28 heavy (non-hydrogen) atoms. The van der Waals surface area contributed by atoms with Gasteiger partial charge in [-0.1, -0.05) is 18.2 Å². The van der Waals surface area contributed by atoms with Crippen molar-refractivity contribution in [1.82, 2.24) is 15.0 Å². The van der Waals surface area contributed by atoms with Crippen LogP contribution in [0.1, 0.15) is 31.5 Å². The SMILES string of the molecule is O=C([O-])c1ccccn1.O=C([O-])c1ccccn1.O=C([O-])c1ccccn1.[Ga+3]. The monoisotopic (exact) mass is 435 g/mol. The molecule has 0 bridgehead atoms. The molecule has 0 unspecified atom stereocenters. The van der Waals surface area contributed by atoms with Crippen LogP contribution in [0.25, 0.3) is 0 Å². The van der Waals surface area contributed by atoms with Crippen molar-refractivity contribution in [3.63, 3.8) is 0 Å². The molecule has 0 spiro atoms. The largest absolute Gasteiger partial charge is 3.00 e. The van der Waals surface area contributed by atoms with Gasteiger partial charge in [0.1, 0.15) is 0 Å². The van der Waals surface area contributed by atoms with Gasteiger partial charge in [-0.15, -0.1) is 0 Å². The molecule has 3 aromatic rings. The first-order valence-corrected chi connectivity index (χ1v) is 7.29. The molecule has 10 heteroatoms. The zero-order valence-corrected chi connectivity index (χ0v) is 16.7. The molecule has 0 amide bonds. The third-order valence-electron chi connectivity index (χ3n) is 2.62. The van der Waals surface area contributed by atoms with E-state index in [4.69, 9.17) is 0 Å². The number of pyridine rings is 3. The molecular formula is C18H12GaN3O6. The molecule has 138 valence electrons. The van der Waals surface area contributed by atoms with E-state index in [1.165, 1.54) is 36.8 Å². The Bertz CT molecular complexity index is 747. The van der Waals surface area contributed by atoms with Crippen molar-refractivity contribution in [3.8, 4) is 0 Å². The molecule has 0 aromatic carbocycles. The number of rotatable bonds is 3. The van der Waals surface area contributed by atoms with E-state index in [0.717, 1.165) is 0 Å². The van der Waals surface area contributed by atoms with Crippen molar-refractivity contribution in [1.29, 1.82) is 0 Å². The molecule has 0 aliphatic carbocycles. The van der Waals surface area contributed by atoms with Crippen molar-refractivity contribution in [2.24, 2.45) is 0 Å². The average molecular weight is 436 g/mol. The summed E-state index contributed by atoms with van der Waals surface area (Å²) in [6.45, 7) is 0. The van der Waals surface area contributed by atoms with Crippen LogP contribution in [0.4, 0.5) is 0 Å². The van der Waals surface area contributed by atoms with Crippen molar-refractivity contribution < 1.29 is 29.7 Å². The minimum absolute atomic E-state index is 0. The Morgan fingerprint density at radius 3 is 0.893 bits per heavy atom. The topological polar surface area (TPSA) is 159 Å². The van der Waals surface area contributed by atoms with Gasteiger partial charge in [-0.05, 0) is 36.4 Å². The molecule has 0 fully saturated rings. The van der Waals surface area contributed by atoms with Gasteiger partial charge in [0.25, 0.3) is 0 Å². The van der Waals surface area contributed by atoms with E-state index >= 15 is 0 Å². The Kier molecular flexibility index (Phi) is 12.0. The number of aromatic carboxylic acids is 3. The van der Waals surface area contributed by atoms with Gasteiger partial charge >= 0.3 is 19.8 Å². The fraction of sp³-hybridized carbons (Fsp3) is 0. The summed E-state index contributed by atoms with van der Waals surface area (Å²) in [5.74, 6) is -3.72. The maximum absolute atomic E-state index is 10.0. The third-order valence-corrected chi connectivity index (χ3v) is 2.62. The van der Waals surface area contributed by atoms with Gasteiger partial charge < -0.3 is 29.7 Å². The number of carboxylic acids is 3. The van der Waals surface area contributed by atoms with Gasteiger partial charge in [-0.3, -0.25) is 15.0 Å². The minimum atomic E-state index is -1.24.